The van der Waals surface area contributed by atoms with Crippen molar-refractivity contribution < 1.29 is 19.0 Å². The first kappa shape index (κ1) is 25.6. The van der Waals surface area contributed by atoms with Gasteiger partial charge < -0.3 is 19.6 Å². The lowest BCUT2D eigenvalue weighted by molar-refractivity contribution is 0.0479. The molecule has 1 saturated heterocycles. The van der Waals surface area contributed by atoms with Gasteiger partial charge in [0.15, 0.2) is 17.3 Å². The number of amides is 1. The van der Waals surface area contributed by atoms with Gasteiger partial charge in [0, 0.05) is 45.8 Å². The summed E-state index contributed by atoms with van der Waals surface area (Å²) in [6.45, 7) is 2.22. The largest absolute Gasteiger partial charge is 0.497 e. The molecule has 1 amide bonds. The van der Waals surface area contributed by atoms with E-state index in [1.807, 2.05) is 30.3 Å². The van der Waals surface area contributed by atoms with Gasteiger partial charge >= 0.3 is 0 Å². The van der Waals surface area contributed by atoms with Gasteiger partial charge in [-0.2, -0.15) is 9.61 Å². The molecule has 0 bridgehead atoms. The highest BCUT2D eigenvalue weighted by atomic mass is 19.1. The maximum Gasteiger partial charge on any atom is 0.259 e. The topological polar surface area (TPSA) is 86.4 Å². The highest BCUT2D eigenvalue weighted by Crippen LogP contribution is 2.31. The number of ether oxygens (including phenoxy) is 1. The fourth-order valence-corrected chi connectivity index (χ4v) is 4.95. The van der Waals surface area contributed by atoms with Crippen molar-refractivity contribution in [3.05, 3.63) is 77.7 Å². The molecule has 0 radical (unpaired) electrons. The van der Waals surface area contributed by atoms with E-state index in [2.05, 4.69) is 15.0 Å². The van der Waals surface area contributed by atoms with E-state index in [-0.39, 0.29) is 30.1 Å². The number of methoxy groups -OCH3 is 1. The van der Waals surface area contributed by atoms with Crippen LogP contribution in [0.3, 0.4) is 0 Å². The molecule has 2 aromatic carbocycles. The van der Waals surface area contributed by atoms with Crippen molar-refractivity contribution in [3.8, 4) is 17.0 Å². The third-order valence-corrected chi connectivity index (χ3v) is 6.98. The third kappa shape index (κ3) is 4.68. The van der Waals surface area contributed by atoms with Crippen molar-refractivity contribution in [2.75, 3.05) is 58.9 Å². The molecule has 9 nitrogen and oxygen atoms in total. The number of benzene rings is 2. The molecule has 1 aliphatic rings. The number of hydrogen-bond donors (Lipinski definition) is 1. The van der Waals surface area contributed by atoms with Gasteiger partial charge in [0.05, 0.1) is 26.0 Å². The Bertz CT molecular complexity index is 1420. The van der Waals surface area contributed by atoms with Crippen LogP contribution in [0.4, 0.5) is 10.2 Å². The second-order valence-corrected chi connectivity index (χ2v) is 9.45. The van der Waals surface area contributed by atoms with Gasteiger partial charge in [-0.15, -0.1) is 0 Å². The number of hydrogen-bond acceptors (Lipinski definition) is 7. The minimum atomic E-state index is -0.528. The number of halogens is 1. The molecule has 1 atom stereocenters. The van der Waals surface area contributed by atoms with Crippen molar-refractivity contribution in [1.29, 1.82) is 0 Å². The van der Waals surface area contributed by atoms with E-state index in [1.54, 1.807) is 55.3 Å². The van der Waals surface area contributed by atoms with E-state index in [9.17, 15) is 9.90 Å². The van der Waals surface area contributed by atoms with Crippen molar-refractivity contribution in [1.82, 2.24) is 24.4 Å². The molecule has 5 rings (SSSR count). The molecule has 198 valence electrons. The van der Waals surface area contributed by atoms with Gasteiger partial charge in [-0.1, -0.05) is 30.3 Å². The molecule has 0 spiro atoms. The first-order valence-corrected chi connectivity index (χ1v) is 12.5. The predicted molar refractivity (Wildman–Crippen MR) is 143 cm³/mol. The van der Waals surface area contributed by atoms with Crippen LogP contribution in [-0.4, -0.2) is 89.4 Å². The first-order valence-electron chi connectivity index (χ1n) is 12.5. The van der Waals surface area contributed by atoms with Crippen LogP contribution >= 0.6 is 0 Å². The zero-order chi connectivity index (χ0) is 26.8. The number of aromatic nitrogens is 3. The van der Waals surface area contributed by atoms with E-state index in [4.69, 9.17) is 4.74 Å². The van der Waals surface area contributed by atoms with Crippen LogP contribution in [0.25, 0.3) is 16.9 Å². The van der Waals surface area contributed by atoms with Crippen molar-refractivity contribution in [2.45, 2.75) is 6.04 Å². The summed E-state index contributed by atoms with van der Waals surface area (Å²) in [7, 11) is 5.02. The number of carbonyl (C=O) groups is 1. The second-order valence-electron chi connectivity index (χ2n) is 9.45. The summed E-state index contributed by atoms with van der Waals surface area (Å²) in [4.78, 5) is 23.8. The van der Waals surface area contributed by atoms with Crippen LogP contribution in [0.2, 0.25) is 0 Å². The Labute approximate surface area is 220 Å². The van der Waals surface area contributed by atoms with E-state index in [1.165, 1.54) is 10.7 Å². The summed E-state index contributed by atoms with van der Waals surface area (Å²) < 4.78 is 22.3. The number of fused-ring (bicyclic) bond motifs is 1. The van der Waals surface area contributed by atoms with E-state index >= 15 is 4.39 Å². The van der Waals surface area contributed by atoms with E-state index < -0.39 is 5.82 Å². The van der Waals surface area contributed by atoms with Crippen LogP contribution in [0.1, 0.15) is 22.0 Å². The molecule has 1 fully saturated rings. The number of piperazine rings is 1. The molecule has 4 aromatic rings. The van der Waals surface area contributed by atoms with Gasteiger partial charge in [-0.3, -0.25) is 9.69 Å². The summed E-state index contributed by atoms with van der Waals surface area (Å²) in [6.07, 6.45) is 1.46. The monoisotopic (exact) mass is 518 g/mol. The predicted octanol–water partition coefficient (Wildman–Crippen LogP) is 3.10. The number of aliphatic hydroxyl groups is 1. The summed E-state index contributed by atoms with van der Waals surface area (Å²) in [5, 5.41) is 14.4. The van der Waals surface area contributed by atoms with Crippen LogP contribution < -0.4 is 9.64 Å². The summed E-state index contributed by atoms with van der Waals surface area (Å²) in [5.41, 5.74) is 2.37. The molecule has 38 heavy (non-hydrogen) atoms. The lowest BCUT2D eigenvalue weighted by Gasteiger charge is -2.38. The molecular formula is C28H31FN6O3. The Kier molecular flexibility index (Phi) is 7.26. The highest BCUT2D eigenvalue weighted by molar-refractivity contribution is 6.00. The third-order valence-electron chi connectivity index (χ3n) is 6.98. The van der Waals surface area contributed by atoms with E-state index in [0.29, 0.717) is 48.7 Å². The van der Waals surface area contributed by atoms with Gasteiger partial charge in [-0.05, 0) is 29.8 Å². The van der Waals surface area contributed by atoms with Gasteiger partial charge in [-0.25, -0.2) is 9.37 Å². The number of aliphatic hydroxyl groups excluding tert-OH is 1. The zero-order valence-electron chi connectivity index (χ0n) is 21.7. The average molecular weight is 519 g/mol. The molecule has 0 saturated carbocycles. The number of anilines is 1. The van der Waals surface area contributed by atoms with Gasteiger partial charge in [0.1, 0.15) is 17.0 Å². The first-order chi connectivity index (χ1) is 18.4. The number of rotatable bonds is 7. The number of carbonyl (C=O) groups excluding carboxylic acids is 1. The van der Waals surface area contributed by atoms with Gasteiger partial charge in [0.2, 0.25) is 0 Å². The molecule has 0 aliphatic carbocycles. The maximum absolute atomic E-state index is 15.7. The highest BCUT2D eigenvalue weighted by Gasteiger charge is 2.30. The second kappa shape index (κ2) is 10.8. The zero-order valence-corrected chi connectivity index (χ0v) is 21.7. The van der Waals surface area contributed by atoms with Crippen LogP contribution in [0, 0.1) is 5.82 Å². The fraction of sp³-hybridized carbons (Fsp3) is 0.321. The van der Waals surface area contributed by atoms with Crippen molar-refractivity contribution >= 4 is 17.4 Å². The molecular weight excluding hydrogens is 487 g/mol. The Morgan fingerprint density at radius 3 is 2.37 bits per heavy atom. The van der Waals surface area contributed by atoms with Crippen molar-refractivity contribution in [3.63, 3.8) is 0 Å². The van der Waals surface area contributed by atoms with Crippen molar-refractivity contribution in [2.24, 2.45) is 0 Å². The summed E-state index contributed by atoms with van der Waals surface area (Å²) >= 11 is 0. The Morgan fingerprint density at radius 1 is 1.08 bits per heavy atom. The number of nitrogens with zero attached hydrogens (tertiary/aromatic N) is 6. The fourth-order valence-electron chi connectivity index (χ4n) is 4.95. The van der Waals surface area contributed by atoms with Crippen LogP contribution in [-0.2, 0) is 0 Å². The quantitative estimate of drug-likeness (QED) is 0.402. The Balaban J connectivity index is 1.44. The minimum Gasteiger partial charge on any atom is -0.497 e. The Morgan fingerprint density at radius 2 is 1.76 bits per heavy atom. The molecule has 2 aromatic heterocycles. The maximum atomic E-state index is 15.7. The lowest BCUT2D eigenvalue weighted by atomic mass is 10.1. The molecule has 1 N–H and O–H groups in total. The van der Waals surface area contributed by atoms with Crippen LogP contribution in [0.5, 0.6) is 5.75 Å². The smallest absolute Gasteiger partial charge is 0.259 e. The summed E-state index contributed by atoms with van der Waals surface area (Å²) in [6, 6.07) is 16.7. The minimum absolute atomic E-state index is 0.00292. The molecule has 1 aliphatic heterocycles. The molecule has 3 heterocycles. The van der Waals surface area contributed by atoms with Crippen LogP contribution in [0.15, 0.2) is 60.8 Å². The van der Waals surface area contributed by atoms with E-state index in [0.717, 1.165) is 5.56 Å². The standard InChI is InChI=1S/C28H31FN6O3/c1-32(2)27-24(29)25(20-9-11-21(38-3)12-10-20)31-26-22(17-30-35(26)27)28(37)34-15-13-33(14-16-34)23(18-36)19-7-5-4-6-8-19/h4-12,17,23,36H,13-16,18H2,1-3H3/t23-/m0/s1. The lowest BCUT2D eigenvalue weighted by Crippen LogP contribution is -2.50. The molecule has 0 unspecified atom stereocenters. The SMILES string of the molecule is COc1ccc(-c2nc3c(C(=O)N4CCN([C@@H](CO)c5ccccc5)CC4)cnn3c(N(C)C)c2F)cc1. The Hall–Kier alpha value is -4.02. The van der Waals surface area contributed by atoms with Gasteiger partial charge in [0.25, 0.3) is 5.91 Å². The summed E-state index contributed by atoms with van der Waals surface area (Å²) in [5.74, 6) is 0.125. The average Bonchev–Trinajstić information content (AvgIpc) is 3.37. The molecule has 10 heteroatoms. The normalized spacial score (nSPS) is 15.0.